The number of nitrogens with one attached hydrogen (secondary N) is 1. The summed E-state index contributed by atoms with van der Waals surface area (Å²) in [5, 5.41) is 12.3. The van der Waals surface area contributed by atoms with Gasteiger partial charge in [0.2, 0.25) is 0 Å². The minimum Gasteiger partial charge on any atom is -0.393 e. The normalized spacial score (nSPS) is 23.7. The molecule has 1 fully saturated rings. The number of hydrogen-bond donors (Lipinski definition) is 2. The number of aliphatic hydroxyl groups is 1. The number of nitrogens with zero attached hydrogens (tertiary/aromatic N) is 1. The number of halogens is 1. The first-order valence-electron chi connectivity index (χ1n) is 6.23. The average Bonchev–Trinajstić information content (AvgIpc) is 2.37. The van der Waals surface area contributed by atoms with Crippen LogP contribution in [0, 0.1) is 11.7 Å². The number of amides is 1. The van der Waals surface area contributed by atoms with Crippen molar-refractivity contribution in [1.82, 2.24) is 10.3 Å². The minimum atomic E-state index is -0.457. The molecule has 2 N–H and O–H groups in total. The largest absolute Gasteiger partial charge is 0.393 e. The van der Waals surface area contributed by atoms with Crippen molar-refractivity contribution in [2.24, 2.45) is 5.92 Å². The lowest BCUT2D eigenvalue weighted by Crippen LogP contribution is -2.33. The molecule has 1 amide bonds. The molecule has 2 unspecified atom stereocenters. The number of rotatable bonds is 3. The molecule has 1 aromatic heterocycles. The fourth-order valence-electron chi connectivity index (χ4n) is 2.29. The molecule has 98 valence electrons. The van der Waals surface area contributed by atoms with Crippen LogP contribution in [0.4, 0.5) is 4.39 Å². The lowest BCUT2D eigenvalue weighted by molar-refractivity contribution is 0.0870. The van der Waals surface area contributed by atoms with Gasteiger partial charge in [-0.1, -0.05) is 6.42 Å². The molecule has 0 aromatic carbocycles. The van der Waals surface area contributed by atoms with Gasteiger partial charge < -0.3 is 10.4 Å². The molecule has 0 bridgehead atoms. The molecule has 1 aromatic rings. The van der Waals surface area contributed by atoms with Crippen molar-refractivity contribution in [1.29, 1.82) is 0 Å². The van der Waals surface area contributed by atoms with Gasteiger partial charge in [-0.2, -0.15) is 0 Å². The maximum Gasteiger partial charge on any atom is 0.269 e. The molecule has 1 aliphatic rings. The molecule has 1 saturated carbocycles. The third-order valence-corrected chi connectivity index (χ3v) is 3.27. The van der Waals surface area contributed by atoms with Crippen LogP contribution >= 0.6 is 0 Å². The molecule has 5 heteroatoms. The van der Waals surface area contributed by atoms with Gasteiger partial charge in [-0.15, -0.1) is 0 Å². The minimum absolute atomic E-state index is 0.216. The molecule has 0 aliphatic heterocycles. The van der Waals surface area contributed by atoms with Crippen molar-refractivity contribution in [3.05, 3.63) is 29.8 Å². The molecule has 4 nitrogen and oxygen atoms in total. The Morgan fingerprint density at radius 3 is 3.00 bits per heavy atom. The zero-order valence-corrected chi connectivity index (χ0v) is 10.1. The SMILES string of the molecule is O=C(NCC1CCCC(O)C1)c1ccc(F)cn1. The Morgan fingerprint density at radius 2 is 2.33 bits per heavy atom. The highest BCUT2D eigenvalue weighted by Gasteiger charge is 2.20. The predicted octanol–water partition coefficient (Wildman–Crippen LogP) is 1.50. The van der Waals surface area contributed by atoms with Crippen molar-refractivity contribution in [3.63, 3.8) is 0 Å². The van der Waals surface area contributed by atoms with Crippen LogP contribution in [0.3, 0.4) is 0 Å². The Balaban J connectivity index is 1.82. The second-order valence-corrected chi connectivity index (χ2v) is 4.76. The number of aromatic nitrogens is 1. The predicted molar refractivity (Wildman–Crippen MR) is 64.5 cm³/mol. The van der Waals surface area contributed by atoms with E-state index in [1.807, 2.05) is 0 Å². The van der Waals surface area contributed by atoms with E-state index >= 15 is 0 Å². The lowest BCUT2D eigenvalue weighted by atomic mass is 9.87. The Bertz CT molecular complexity index is 408. The van der Waals surface area contributed by atoms with Gasteiger partial charge in [-0.25, -0.2) is 9.37 Å². The van der Waals surface area contributed by atoms with E-state index in [2.05, 4.69) is 10.3 Å². The summed E-state index contributed by atoms with van der Waals surface area (Å²) in [4.78, 5) is 15.4. The first-order valence-corrected chi connectivity index (χ1v) is 6.23. The topological polar surface area (TPSA) is 62.2 Å². The maximum atomic E-state index is 12.6. The molecule has 0 saturated heterocycles. The number of pyridine rings is 1. The van der Waals surface area contributed by atoms with Crippen LogP contribution in [0.5, 0.6) is 0 Å². The second kappa shape index (κ2) is 5.91. The fourth-order valence-corrected chi connectivity index (χ4v) is 2.29. The van der Waals surface area contributed by atoms with E-state index in [0.29, 0.717) is 12.5 Å². The molecular formula is C13H17FN2O2. The first-order chi connectivity index (χ1) is 8.65. The first kappa shape index (κ1) is 13.0. The fraction of sp³-hybridized carbons (Fsp3) is 0.538. The van der Waals surface area contributed by atoms with E-state index in [1.165, 1.54) is 12.1 Å². The summed E-state index contributed by atoms with van der Waals surface area (Å²) >= 11 is 0. The van der Waals surface area contributed by atoms with Gasteiger partial charge in [0.25, 0.3) is 5.91 Å². The van der Waals surface area contributed by atoms with Crippen molar-refractivity contribution in [3.8, 4) is 0 Å². The monoisotopic (exact) mass is 252 g/mol. The van der Waals surface area contributed by atoms with Gasteiger partial charge in [0.1, 0.15) is 11.5 Å². The lowest BCUT2D eigenvalue weighted by Gasteiger charge is -2.25. The summed E-state index contributed by atoms with van der Waals surface area (Å²) in [5.74, 6) is -0.435. The van der Waals surface area contributed by atoms with Crippen LogP contribution in [-0.4, -0.2) is 28.6 Å². The number of carbonyl (C=O) groups excluding carboxylic acids is 1. The Hall–Kier alpha value is -1.49. The summed E-state index contributed by atoms with van der Waals surface area (Å²) in [7, 11) is 0. The van der Waals surface area contributed by atoms with E-state index < -0.39 is 5.82 Å². The quantitative estimate of drug-likeness (QED) is 0.857. The molecule has 2 rings (SSSR count). The molecule has 1 heterocycles. The van der Waals surface area contributed by atoms with Gasteiger partial charge in [0.15, 0.2) is 0 Å². The van der Waals surface area contributed by atoms with Crippen LogP contribution in [-0.2, 0) is 0 Å². The van der Waals surface area contributed by atoms with E-state index in [1.54, 1.807) is 0 Å². The molecule has 0 radical (unpaired) electrons. The zero-order valence-electron chi connectivity index (χ0n) is 10.1. The Kier molecular flexibility index (Phi) is 4.25. The summed E-state index contributed by atoms with van der Waals surface area (Å²) in [6.45, 7) is 0.537. The Labute approximate surface area is 105 Å². The average molecular weight is 252 g/mol. The zero-order chi connectivity index (χ0) is 13.0. The number of hydrogen-bond acceptors (Lipinski definition) is 3. The summed E-state index contributed by atoms with van der Waals surface area (Å²) < 4.78 is 12.6. The number of carbonyl (C=O) groups is 1. The van der Waals surface area contributed by atoms with Crippen LogP contribution < -0.4 is 5.32 Å². The van der Waals surface area contributed by atoms with Gasteiger partial charge in [0.05, 0.1) is 12.3 Å². The van der Waals surface area contributed by atoms with Crippen LogP contribution in [0.1, 0.15) is 36.2 Å². The molecule has 18 heavy (non-hydrogen) atoms. The standard InChI is InChI=1S/C13H17FN2O2/c14-10-4-5-12(15-8-10)13(18)16-7-9-2-1-3-11(17)6-9/h4-5,8-9,11,17H,1-3,6-7H2,(H,16,18). The van der Waals surface area contributed by atoms with Crippen LogP contribution in [0.25, 0.3) is 0 Å². The summed E-state index contributed by atoms with van der Waals surface area (Å²) in [5.41, 5.74) is 0.216. The van der Waals surface area contributed by atoms with E-state index in [9.17, 15) is 14.3 Å². The highest BCUT2D eigenvalue weighted by Crippen LogP contribution is 2.23. The summed E-state index contributed by atoms with van der Waals surface area (Å²) in [6.07, 6.45) is 4.38. The molecule has 0 spiro atoms. The van der Waals surface area contributed by atoms with Gasteiger partial charge >= 0.3 is 0 Å². The summed E-state index contributed by atoms with van der Waals surface area (Å²) in [6, 6.07) is 2.58. The third kappa shape index (κ3) is 3.50. The van der Waals surface area contributed by atoms with Gasteiger partial charge in [-0.3, -0.25) is 4.79 Å². The van der Waals surface area contributed by atoms with Gasteiger partial charge in [-0.05, 0) is 37.3 Å². The molecule has 1 aliphatic carbocycles. The molecular weight excluding hydrogens is 235 g/mol. The van der Waals surface area contributed by atoms with Crippen molar-refractivity contribution in [2.45, 2.75) is 31.8 Å². The third-order valence-electron chi connectivity index (χ3n) is 3.27. The molecule has 2 atom stereocenters. The van der Waals surface area contributed by atoms with Crippen molar-refractivity contribution < 1.29 is 14.3 Å². The van der Waals surface area contributed by atoms with Gasteiger partial charge in [0, 0.05) is 6.54 Å². The second-order valence-electron chi connectivity index (χ2n) is 4.76. The number of aliphatic hydroxyl groups excluding tert-OH is 1. The van der Waals surface area contributed by atoms with Crippen molar-refractivity contribution >= 4 is 5.91 Å². The van der Waals surface area contributed by atoms with Crippen LogP contribution in [0.2, 0.25) is 0 Å². The van der Waals surface area contributed by atoms with Crippen molar-refractivity contribution in [2.75, 3.05) is 6.54 Å². The van der Waals surface area contributed by atoms with Crippen LogP contribution in [0.15, 0.2) is 18.3 Å². The highest BCUT2D eigenvalue weighted by atomic mass is 19.1. The van der Waals surface area contributed by atoms with E-state index in [4.69, 9.17) is 0 Å². The highest BCUT2D eigenvalue weighted by molar-refractivity contribution is 5.92. The Morgan fingerprint density at radius 1 is 1.50 bits per heavy atom. The van der Waals surface area contributed by atoms with E-state index in [0.717, 1.165) is 31.9 Å². The maximum absolute atomic E-state index is 12.6. The smallest absolute Gasteiger partial charge is 0.269 e. The van der Waals surface area contributed by atoms with E-state index in [-0.39, 0.29) is 17.7 Å².